The molecule has 12 nitrogen and oxygen atoms in total. The molecule has 0 fully saturated rings. The van der Waals surface area contributed by atoms with E-state index in [1.165, 1.54) is 24.9 Å². The minimum atomic E-state index is -0.663. The van der Waals surface area contributed by atoms with Gasteiger partial charge in [-0.25, -0.2) is 9.59 Å². The van der Waals surface area contributed by atoms with Crippen LogP contribution in [-0.4, -0.2) is 81.7 Å². The van der Waals surface area contributed by atoms with Crippen LogP contribution in [0.25, 0.3) is 0 Å². The fourth-order valence-electron chi connectivity index (χ4n) is 3.01. The number of rotatable bonds is 16. The molecule has 0 bridgehead atoms. The first kappa shape index (κ1) is 29.5. The van der Waals surface area contributed by atoms with Crippen molar-refractivity contribution < 1.29 is 37.8 Å². The van der Waals surface area contributed by atoms with Gasteiger partial charge < -0.3 is 33.5 Å². The molecule has 0 aromatic carbocycles. The van der Waals surface area contributed by atoms with E-state index in [0.29, 0.717) is 54.3 Å². The summed E-state index contributed by atoms with van der Waals surface area (Å²) in [5.74, 6) is 0.0988. The van der Waals surface area contributed by atoms with E-state index < -0.39 is 23.7 Å². The minimum Gasteiger partial charge on any atom is -0.496 e. The zero-order valence-corrected chi connectivity index (χ0v) is 21.8. The summed E-state index contributed by atoms with van der Waals surface area (Å²) in [6, 6.07) is 1.65. The minimum absolute atomic E-state index is 0.235. The molecule has 2 rings (SSSR count). The predicted octanol–water partition coefficient (Wildman–Crippen LogP) is 1.72. The van der Waals surface area contributed by atoms with Crippen molar-refractivity contribution in [2.45, 2.75) is 38.8 Å². The lowest BCUT2D eigenvalue weighted by molar-refractivity contribution is -0.149. The van der Waals surface area contributed by atoms with E-state index in [2.05, 4.69) is 15.5 Å². The average Bonchev–Trinajstić information content (AvgIpc) is 3.36. The van der Waals surface area contributed by atoms with Gasteiger partial charge >= 0.3 is 11.6 Å². The summed E-state index contributed by atoms with van der Waals surface area (Å²) in [5.41, 5.74) is -0.186. The summed E-state index contributed by atoms with van der Waals surface area (Å²) in [6.45, 7) is 4.83. The lowest BCUT2D eigenvalue weighted by Gasteiger charge is -2.18. The Labute approximate surface area is 213 Å². The van der Waals surface area contributed by atoms with Gasteiger partial charge in [0.1, 0.15) is 34.9 Å². The maximum absolute atomic E-state index is 12.9. The number of nitrogens with zero attached hydrogens (tertiary/aromatic N) is 2. The van der Waals surface area contributed by atoms with Crippen LogP contribution in [-0.2, 0) is 28.6 Å². The first-order valence-corrected chi connectivity index (χ1v) is 12.5. The number of aliphatic imine (C=N–C) groups is 1. The van der Waals surface area contributed by atoms with Gasteiger partial charge in [0.2, 0.25) is 5.91 Å². The van der Waals surface area contributed by atoms with Crippen LogP contribution in [0.2, 0.25) is 0 Å². The second-order valence-corrected chi connectivity index (χ2v) is 8.64. The summed E-state index contributed by atoms with van der Waals surface area (Å²) in [5, 5.41) is 7.20. The Kier molecular flexibility index (Phi) is 13.2. The van der Waals surface area contributed by atoms with E-state index in [1.54, 1.807) is 20.1 Å². The summed E-state index contributed by atoms with van der Waals surface area (Å²) >= 11 is 1.33. The molecule has 13 heteroatoms. The molecule has 1 aromatic rings. The van der Waals surface area contributed by atoms with Crippen LogP contribution in [0, 0.1) is 0 Å². The normalized spacial score (nSPS) is 16.4. The van der Waals surface area contributed by atoms with Gasteiger partial charge in [0.25, 0.3) is 0 Å². The first-order chi connectivity index (χ1) is 17.4. The number of ether oxygens (including phenoxy) is 4. The Bertz CT molecular complexity index is 980. The number of nitrogens with one attached hydrogen (secondary N) is 1. The van der Waals surface area contributed by atoms with Gasteiger partial charge in [0, 0.05) is 18.9 Å². The lowest BCUT2D eigenvalue weighted by Crippen LogP contribution is -2.37. The molecule has 2 unspecified atom stereocenters. The molecule has 2 heterocycles. The molecular formula is C23H33N3O9S. The molecule has 0 radical (unpaired) electrons. The summed E-state index contributed by atoms with van der Waals surface area (Å²) < 4.78 is 25.7. The quantitative estimate of drug-likeness (QED) is 0.146. The third-order valence-electron chi connectivity index (χ3n) is 4.81. The van der Waals surface area contributed by atoms with Crippen molar-refractivity contribution in [1.29, 1.82) is 0 Å². The molecule has 200 valence electrons. The number of hydrogen-bond donors (Lipinski definition) is 1. The fraction of sp³-hybridized carbons (Fsp3) is 0.609. The standard InChI is InChI=1S/C23H33N3O9S/c1-5-6-17(19-11-16(31-4)12-20(27)34-19)24-22(29)18-14-36-23(25-18)15(2)26-35-21(28)13-33-10-9-32-8-7-30-3/h11-12,17-18H,5-10,13-14H2,1-4H3,(H,24,29)/b26-15+. The molecule has 0 saturated carbocycles. The molecule has 1 aromatic heterocycles. The lowest BCUT2D eigenvalue weighted by atomic mass is 10.1. The number of hydrogen-bond acceptors (Lipinski definition) is 12. The van der Waals surface area contributed by atoms with E-state index in [9.17, 15) is 14.4 Å². The third-order valence-corrected chi connectivity index (χ3v) is 5.96. The Morgan fingerprint density at radius 2 is 1.97 bits per heavy atom. The van der Waals surface area contributed by atoms with Gasteiger partial charge in [-0.2, -0.15) is 0 Å². The SMILES string of the molecule is CCCC(NC(=O)C1CSC(/C(C)=N/OC(=O)COCCOCCOC)=N1)c1cc(OC)cc(=O)o1. The number of oxime groups is 1. The summed E-state index contributed by atoms with van der Waals surface area (Å²) in [4.78, 5) is 45.7. The molecule has 1 aliphatic rings. The van der Waals surface area contributed by atoms with Crippen LogP contribution in [0.3, 0.4) is 0 Å². The highest BCUT2D eigenvalue weighted by molar-refractivity contribution is 8.16. The van der Waals surface area contributed by atoms with Crippen LogP contribution in [0.1, 0.15) is 38.5 Å². The number of methoxy groups -OCH3 is 2. The van der Waals surface area contributed by atoms with Crippen molar-refractivity contribution in [3.05, 3.63) is 28.3 Å². The highest BCUT2D eigenvalue weighted by atomic mass is 32.2. The molecule has 1 aliphatic heterocycles. The summed E-state index contributed by atoms with van der Waals surface area (Å²) in [7, 11) is 3.03. The van der Waals surface area contributed by atoms with E-state index in [0.717, 1.165) is 6.42 Å². The molecule has 0 saturated heterocycles. The molecule has 36 heavy (non-hydrogen) atoms. The number of carbonyl (C=O) groups is 2. The maximum atomic E-state index is 12.9. The average molecular weight is 528 g/mol. The number of amides is 1. The van der Waals surface area contributed by atoms with Gasteiger partial charge in [0.15, 0.2) is 0 Å². The Balaban J connectivity index is 1.87. The predicted molar refractivity (Wildman–Crippen MR) is 134 cm³/mol. The second-order valence-electron chi connectivity index (χ2n) is 7.63. The van der Waals surface area contributed by atoms with Crippen molar-refractivity contribution in [1.82, 2.24) is 5.32 Å². The molecule has 0 aliphatic carbocycles. The van der Waals surface area contributed by atoms with Gasteiger partial charge in [-0.1, -0.05) is 18.5 Å². The summed E-state index contributed by atoms with van der Waals surface area (Å²) in [6.07, 6.45) is 1.32. The highest BCUT2D eigenvalue weighted by Crippen LogP contribution is 2.24. The van der Waals surface area contributed by atoms with E-state index in [-0.39, 0.29) is 19.1 Å². The third kappa shape index (κ3) is 10.1. The van der Waals surface area contributed by atoms with Crippen molar-refractivity contribution in [3.63, 3.8) is 0 Å². The smallest absolute Gasteiger partial charge is 0.360 e. The zero-order valence-electron chi connectivity index (χ0n) is 20.9. The van der Waals surface area contributed by atoms with Crippen molar-refractivity contribution in [2.24, 2.45) is 10.1 Å². The second kappa shape index (κ2) is 16.1. The van der Waals surface area contributed by atoms with E-state index in [4.69, 9.17) is 28.2 Å². The molecule has 1 amide bonds. The van der Waals surface area contributed by atoms with Gasteiger partial charge in [-0.05, 0) is 13.3 Å². The van der Waals surface area contributed by atoms with Gasteiger partial charge in [0.05, 0.1) is 45.6 Å². The topological polar surface area (TPSA) is 147 Å². The molecule has 0 spiro atoms. The zero-order chi connectivity index (χ0) is 26.3. The van der Waals surface area contributed by atoms with Crippen molar-refractivity contribution >= 4 is 34.4 Å². The van der Waals surface area contributed by atoms with E-state index >= 15 is 0 Å². The first-order valence-electron chi connectivity index (χ1n) is 11.5. The van der Waals surface area contributed by atoms with Gasteiger partial charge in [-0.15, -0.1) is 11.8 Å². The fourth-order valence-corrected chi connectivity index (χ4v) is 4.00. The largest absolute Gasteiger partial charge is 0.496 e. The molecular weight excluding hydrogens is 494 g/mol. The Morgan fingerprint density at radius 1 is 1.22 bits per heavy atom. The maximum Gasteiger partial charge on any atom is 0.360 e. The number of carbonyl (C=O) groups excluding carboxylic acids is 2. The highest BCUT2D eigenvalue weighted by Gasteiger charge is 2.29. The molecule has 1 N–H and O–H groups in total. The van der Waals surface area contributed by atoms with Crippen molar-refractivity contribution in [3.8, 4) is 5.75 Å². The number of thioether (sulfide) groups is 1. The van der Waals surface area contributed by atoms with Gasteiger partial charge in [-0.3, -0.25) is 9.79 Å². The molecule has 2 atom stereocenters. The van der Waals surface area contributed by atoms with Crippen LogP contribution < -0.4 is 15.7 Å². The monoisotopic (exact) mass is 527 g/mol. The van der Waals surface area contributed by atoms with Crippen LogP contribution in [0.4, 0.5) is 0 Å². The van der Waals surface area contributed by atoms with Crippen molar-refractivity contribution in [2.75, 3.05) is 53.0 Å². The van der Waals surface area contributed by atoms with Crippen LogP contribution in [0.5, 0.6) is 5.75 Å². The Morgan fingerprint density at radius 3 is 2.69 bits per heavy atom. The Hall–Kier alpha value is -2.74. The van der Waals surface area contributed by atoms with Crippen LogP contribution >= 0.6 is 11.8 Å². The van der Waals surface area contributed by atoms with Crippen LogP contribution in [0.15, 0.2) is 31.5 Å². The van der Waals surface area contributed by atoms with E-state index in [1.807, 2.05) is 6.92 Å².